The van der Waals surface area contributed by atoms with Crippen molar-refractivity contribution in [3.63, 3.8) is 0 Å². The first-order valence-corrected chi connectivity index (χ1v) is 17.1. The van der Waals surface area contributed by atoms with E-state index in [0.717, 1.165) is 33.8 Å². The number of aliphatic hydroxyl groups is 1. The average Bonchev–Trinajstić information content (AvgIpc) is 3.77. The van der Waals surface area contributed by atoms with Crippen LogP contribution in [0.2, 0.25) is 0 Å². The standard InChI is InChI=1S/C33H46N8O6S/c1-21-28(48-20-36-21)23-12-10-22(11-13-23)17-35-30(44)26-16-25(42)19-41(26)31(45)29(33(2,3)4)37-27(43)9-7-8-24-18-40(39-38-24)15-6-5-14-34-32(46)47/h10-13,18,20,25-26,29,34,42H,5-9,14-17,19H2,1-4H3,(H,35,44)(H,37,43)(H,46,47)/t25-,26+,29-/m1/s1. The number of aromatic nitrogens is 4. The van der Waals surface area contributed by atoms with Gasteiger partial charge in [0.1, 0.15) is 12.1 Å². The van der Waals surface area contributed by atoms with Crippen LogP contribution in [0.5, 0.6) is 0 Å². The summed E-state index contributed by atoms with van der Waals surface area (Å²) in [5, 5.41) is 35.5. The molecule has 3 atom stereocenters. The smallest absolute Gasteiger partial charge is 0.404 e. The lowest BCUT2D eigenvalue weighted by Crippen LogP contribution is -2.57. The first-order chi connectivity index (χ1) is 22.8. The van der Waals surface area contributed by atoms with Gasteiger partial charge in [0.2, 0.25) is 17.7 Å². The van der Waals surface area contributed by atoms with Gasteiger partial charge in [0, 0.05) is 45.2 Å². The molecule has 0 aliphatic carbocycles. The fourth-order valence-electron chi connectivity index (χ4n) is 5.60. The van der Waals surface area contributed by atoms with Crippen LogP contribution < -0.4 is 16.0 Å². The van der Waals surface area contributed by atoms with Gasteiger partial charge in [0.05, 0.1) is 27.9 Å². The Morgan fingerprint density at radius 1 is 1.08 bits per heavy atom. The predicted octanol–water partition coefficient (Wildman–Crippen LogP) is 2.89. The van der Waals surface area contributed by atoms with Crippen molar-refractivity contribution in [1.29, 1.82) is 0 Å². The number of rotatable bonds is 15. The molecule has 48 heavy (non-hydrogen) atoms. The monoisotopic (exact) mass is 682 g/mol. The second-order valence-corrected chi connectivity index (χ2v) is 14.1. The molecular weight excluding hydrogens is 636 g/mol. The molecule has 3 aromatic rings. The number of carboxylic acid groups (broad SMARTS) is 1. The molecule has 0 saturated carbocycles. The maximum absolute atomic E-state index is 13.9. The van der Waals surface area contributed by atoms with Crippen LogP contribution in [-0.2, 0) is 33.9 Å². The number of nitrogens with zero attached hydrogens (tertiary/aromatic N) is 5. The van der Waals surface area contributed by atoms with E-state index in [-0.39, 0.29) is 37.7 Å². The molecule has 5 N–H and O–H groups in total. The molecule has 15 heteroatoms. The van der Waals surface area contributed by atoms with Crippen molar-refractivity contribution in [3.05, 3.63) is 52.9 Å². The number of carbonyl (C=O) groups excluding carboxylic acids is 3. The van der Waals surface area contributed by atoms with Gasteiger partial charge in [-0.05, 0) is 49.1 Å². The Labute approximate surface area is 284 Å². The zero-order valence-corrected chi connectivity index (χ0v) is 28.8. The normalized spacial score (nSPS) is 16.8. The Balaban J connectivity index is 1.27. The highest BCUT2D eigenvalue weighted by atomic mass is 32.1. The molecule has 2 aromatic heterocycles. The third-order valence-corrected chi connectivity index (χ3v) is 9.20. The number of carbonyl (C=O) groups is 4. The lowest BCUT2D eigenvalue weighted by molar-refractivity contribution is -0.144. The number of hydrogen-bond donors (Lipinski definition) is 5. The largest absolute Gasteiger partial charge is 0.465 e. The van der Waals surface area contributed by atoms with Gasteiger partial charge in [0.25, 0.3) is 0 Å². The molecule has 4 amide bonds. The summed E-state index contributed by atoms with van der Waals surface area (Å²) >= 11 is 1.57. The van der Waals surface area contributed by atoms with E-state index in [9.17, 15) is 24.3 Å². The Hall–Kier alpha value is -4.37. The molecule has 1 aromatic carbocycles. The molecule has 0 unspecified atom stereocenters. The number of benzene rings is 1. The van der Waals surface area contributed by atoms with Crippen molar-refractivity contribution in [2.75, 3.05) is 13.1 Å². The Morgan fingerprint density at radius 2 is 1.83 bits per heavy atom. The molecule has 1 aliphatic rings. The highest BCUT2D eigenvalue weighted by molar-refractivity contribution is 7.13. The summed E-state index contributed by atoms with van der Waals surface area (Å²) in [5.41, 5.74) is 4.82. The molecule has 0 spiro atoms. The predicted molar refractivity (Wildman–Crippen MR) is 180 cm³/mol. The highest BCUT2D eigenvalue weighted by Gasteiger charge is 2.44. The van der Waals surface area contributed by atoms with E-state index in [2.05, 4.69) is 31.2 Å². The second-order valence-electron chi connectivity index (χ2n) is 13.2. The molecule has 3 heterocycles. The third-order valence-electron chi connectivity index (χ3n) is 8.22. The van der Waals surface area contributed by atoms with Crippen LogP contribution >= 0.6 is 11.3 Å². The molecule has 260 valence electrons. The molecule has 1 saturated heterocycles. The first-order valence-electron chi connectivity index (χ1n) is 16.2. The van der Waals surface area contributed by atoms with Crippen LogP contribution in [0, 0.1) is 12.3 Å². The minimum Gasteiger partial charge on any atom is -0.465 e. The zero-order chi connectivity index (χ0) is 34.8. The van der Waals surface area contributed by atoms with Crippen molar-refractivity contribution in [2.24, 2.45) is 5.41 Å². The molecular formula is C33H46N8O6S. The van der Waals surface area contributed by atoms with Crippen LogP contribution in [-0.4, -0.2) is 90.2 Å². The third kappa shape index (κ3) is 10.3. The van der Waals surface area contributed by atoms with E-state index in [1.807, 2.05) is 63.7 Å². The summed E-state index contributed by atoms with van der Waals surface area (Å²) in [7, 11) is 0. The van der Waals surface area contributed by atoms with E-state index < -0.39 is 35.6 Å². The number of β-amino-alcohol motifs (C(OH)–C–C–N with tert-alkyl or cyclic N) is 1. The van der Waals surface area contributed by atoms with Crippen molar-refractivity contribution in [3.8, 4) is 10.4 Å². The van der Waals surface area contributed by atoms with Crippen LogP contribution in [0.3, 0.4) is 0 Å². The van der Waals surface area contributed by atoms with Gasteiger partial charge in [-0.1, -0.05) is 50.3 Å². The Kier molecular flexibility index (Phi) is 12.6. The van der Waals surface area contributed by atoms with E-state index in [0.29, 0.717) is 32.4 Å². The number of unbranched alkanes of at least 4 members (excludes halogenated alkanes) is 1. The van der Waals surface area contributed by atoms with Crippen molar-refractivity contribution in [1.82, 2.24) is 40.8 Å². The summed E-state index contributed by atoms with van der Waals surface area (Å²) in [6.45, 7) is 8.78. The Morgan fingerprint density at radius 3 is 2.50 bits per heavy atom. The van der Waals surface area contributed by atoms with Crippen molar-refractivity contribution >= 4 is 35.2 Å². The molecule has 1 aliphatic heterocycles. The summed E-state index contributed by atoms with van der Waals surface area (Å²) in [6.07, 6.45) is 2.65. The van der Waals surface area contributed by atoms with Gasteiger partial charge in [0.15, 0.2) is 0 Å². The average molecular weight is 683 g/mol. The summed E-state index contributed by atoms with van der Waals surface area (Å²) in [4.78, 5) is 57.5. The van der Waals surface area contributed by atoms with Gasteiger partial charge in [-0.3, -0.25) is 19.1 Å². The molecule has 0 bridgehead atoms. The second kappa shape index (κ2) is 16.6. The molecule has 14 nitrogen and oxygen atoms in total. The van der Waals surface area contributed by atoms with Gasteiger partial charge in [-0.2, -0.15) is 0 Å². The Bertz CT molecular complexity index is 1550. The van der Waals surface area contributed by atoms with E-state index >= 15 is 0 Å². The molecule has 4 rings (SSSR count). The number of thiazole rings is 1. The van der Waals surface area contributed by atoms with Gasteiger partial charge in [-0.15, -0.1) is 16.4 Å². The number of nitrogens with one attached hydrogen (secondary N) is 3. The van der Waals surface area contributed by atoms with Gasteiger partial charge in [-0.25, -0.2) is 9.78 Å². The highest BCUT2D eigenvalue weighted by Crippen LogP contribution is 2.28. The number of aryl methyl sites for hydroxylation is 3. The lowest BCUT2D eigenvalue weighted by atomic mass is 9.85. The van der Waals surface area contributed by atoms with Crippen LogP contribution in [0.25, 0.3) is 10.4 Å². The minimum absolute atomic E-state index is 0.00793. The van der Waals surface area contributed by atoms with Crippen LogP contribution in [0.1, 0.15) is 69.8 Å². The topological polar surface area (TPSA) is 192 Å². The van der Waals surface area contributed by atoms with Gasteiger partial charge < -0.3 is 31.1 Å². The van der Waals surface area contributed by atoms with Crippen LogP contribution in [0.4, 0.5) is 4.79 Å². The summed E-state index contributed by atoms with van der Waals surface area (Å²) < 4.78 is 1.70. The van der Waals surface area contributed by atoms with Gasteiger partial charge >= 0.3 is 6.09 Å². The van der Waals surface area contributed by atoms with Crippen molar-refractivity contribution in [2.45, 2.75) is 97.5 Å². The SMILES string of the molecule is Cc1ncsc1-c1ccc(CNC(=O)[C@@H]2C[C@@H](O)CN2C(=O)[C@@H](NC(=O)CCCc2cn(CCCCNC(=O)O)nn2)C(C)(C)C)cc1. The quantitative estimate of drug-likeness (QED) is 0.150. The fourth-order valence-corrected chi connectivity index (χ4v) is 6.41. The van der Waals surface area contributed by atoms with E-state index in [4.69, 9.17) is 5.11 Å². The summed E-state index contributed by atoms with van der Waals surface area (Å²) in [5.74, 6) is -1.05. The number of amides is 4. The van der Waals surface area contributed by atoms with Crippen LogP contribution in [0.15, 0.2) is 36.0 Å². The minimum atomic E-state index is -1.04. The van der Waals surface area contributed by atoms with E-state index in [1.54, 1.807) is 16.0 Å². The maximum Gasteiger partial charge on any atom is 0.404 e. The lowest BCUT2D eigenvalue weighted by Gasteiger charge is -2.35. The number of aliphatic hydroxyl groups excluding tert-OH is 1. The molecule has 0 radical (unpaired) electrons. The van der Waals surface area contributed by atoms with Crippen molar-refractivity contribution < 1.29 is 29.4 Å². The first kappa shape index (κ1) is 36.5. The van der Waals surface area contributed by atoms with E-state index in [1.165, 1.54) is 4.90 Å². The zero-order valence-electron chi connectivity index (χ0n) is 27.9. The number of likely N-dealkylation sites (tertiary alicyclic amines) is 1. The summed E-state index contributed by atoms with van der Waals surface area (Å²) in [6, 6.07) is 6.12. The maximum atomic E-state index is 13.9. The molecule has 1 fully saturated rings. The number of hydrogen-bond acceptors (Lipinski definition) is 9. The fraction of sp³-hybridized carbons (Fsp3) is 0.545.